The van der Waals surface area contributed by atoms with Gasteiger partial charge in [0.25, 0.3) is 0 Å². The fourth-order valence-corrected chi connectivity index (χ4v) is 2.49. The topological polar surface area (TPSA) is 35.2 Å². The summed E-state index contributed by atoms with van der Waals surface area (Å²) in [6.45, 7) is 1.25. The summed E-state index contributed by atoms with van der Waals surface area (Å²) in [5.41, 5.74) is 6.00. The molecule has 0 bridgehead atoms. The number of hydrogen-bond donors (Lipinski definition) is 1. The highest BCUT2D eigenvalue weighted by Crippen LogP contribution is 2.30. The van der Waals surface area contributed by atoms with E-state index in [-0.39, 0.29) is 12.6 Å². The number of nitrogens with two attached hydrogens (primary N) is 1. The largest absolute Gasteiger partial charge is 0.411 e. The number of rotatable bonds is 5. The van der Waals surface area contributed by atoms with Crippen molar-refractivity contribution in [3.05, 3.63) is 0 Å². The average molecular weight is 253 g/mol. The molecule has 17 heavy (non-hydrogen) atoms. The molecule has 0 amide bonds. The van der Waals surface area contributed by atoms with E-state index < -0.39 is 12.8 Å². The SMILES string of the molecule is CC1CCC(N)C(CCCOCC(F)(F)F)C1. The lowest BCUT2D eigenvalue weighted by Gasteiger charge is -2.32. The zero-order valence-corrected chi connectivity index (χ0v) is 10.3. The first-order valence-electron chi connectivity index (χ1n) is 6.28. The first-order valence-corrected chi connectivity index (χ1v) is 6.28. The predicted molar refractivity (Wildman–Crippen MR) is 60.6 cm³/mol. The lowest BCUT2D eigenvalue weighted by atomic mass is 9.77. The molecule has 1 fully saturated rings. The standard InChI is InChI=1S/C12H22F3NO/c1-9-4-5-11(16)10(7-9)3-2-6-17-8-12(13,14)15/h9-11H,2-8,16H2,1H3. The normalized spacial score (nSPS) is 30.5. The van der Waals surface area contributed by atoms with E-state index in [1.807, 2.05) is 0 Å². The number of alkyl halides is 3. The third-order valence-electron chi connectivity index (χ3n) is 3.43. The van der Waals surface area contributed by atoms with E-state index >= 15 is 0 Å². The molecule has 0 spiro atoms. The van der Waals surface area contributed by atoms with Crippen LogP contribution in [0.15, 0.2) is 0 Å². The molecule has 0 radical (unpaired) electrons. The molecule has 5 heteroatoms. The second-order valence-electron chi connectivity index (χ2n) is 5.15. The monoisotopic (exact) mass is 253 g/mol. The second-order valence-corrected chi connectivity index (χ2v) is 5.15. The smallest absolute Gasteiger partial charge is 0.372 e. The molecule has 2 nitrogen and oxygen atoms in total. The van der Waals surface area contributed by atoms with Gasteiger partial charge in [-0.1, -0.05) is 6.92 Å². The molecule has 0 aliphatic heterocycles. The minimum absolute atomic E-state index is 0.178. The van der Waals surface area contributed by atoms with E-state index in [0.717, 1.165) is 19.3 Å². The average Bonchev–Trinajstić information content (AvgIpc) is 2.21. The van der Waals surface area contributed by atoms with Gasteiger partial charge >= 0.3 is 6.18 Å². The van der Waals surface area contributed by atoms with Crippen LogP contribution in [0.2, 0.25) is 0 Å². The first-order chi connectivity index (χ1) is 7.88. The highest BCUT2D eigenvalue weighted by molar-refractivity contribution is 4.80. The van der Waals surface area contributed by atoms with Gasteiger partial charge < -0.3 is 10.5 Å². The first kappa shape index (κ1) is 14.8. The Bertz CT molecular complexity index is 220. The summed E-state index contributed by atoms with van der Waals surface area (Å²) in [5, 5.41) is 0. The third kappa shape index (κ3) is 6.27. The molecule has 1 aliphatic rings. The lowest BCUT2D eigenvalue weighted by Crippen LogP contribution is -2.35. The van der Waals surface area contributed by atoms with Crippen molar-refractivity contribution in [3.63, 3.8) is 0 Å². The maximum atomic E-state index is 11.8. The quantitative estimate of drug-likeness (QED) is 0.764. The third-order valence-corrected chi connectivity index (χ3v) is 3.43. The molecule has 1 saturated carbocycles. The van der Waals surface area contributed by atoms with Gasteiger partial charge in [0, 0.05) is 12.6 Å². The minimum atomic E-state index is -4.21. The van der Waals surface area contributed by atoms with Crippen molar-refractivity contribution in [1.82, 2.24) is 0 Å². The maximum Gasteiger partial charge on any atom is 0.411 e. The van der Waals surface area contributed by atoms with Crippen LogP contribution in [0.3, 0.4) is 0 Å². The molecular weight excluding hydrogens is 231 g/mol. The van der Waals surface area contributed by atoms with Crippen molar-refractivity contribution in [3.8, 4) is 0 Å². The molecule has 3 unspecified atom stereocenters. The van der Waals surface area contributed by atoms with Crippen molar-refractivity contribution in [2.75, 3.05) is 13.2 Å². The van der Waals surface area contributed by atoms with Crippen LogP contribution >= 0.6 is 0 Å². The van der Waals surface area contributed by atoms with Crippen molar-refractivity contribution in [1.29, 1.82) is 0 Å². The zero-order valence-electron chi connectivity index (χ0n) is 10.3. The van der Waals surface area contributed by atoms with Crippen LogP contribution in [0, 0.1) is 11.8 Å². The summed E-state index contributed by atoms with van der Waals surface area (Å²) in [5.74, 6) is 1.14. The van der Waals surface area contributed by atoms with Crippen molar-refractivity contribution < 1.29 is 17.9 Å². The van der Waals surface area contributed by atoms with Crippen molar-refractivity contribution in [2.24, 2.45) is 17.6 Å². The van der Waals surface area contributed by atoms with Crippen LogP contribution < -0.4 is 5.73 Å². The summed E-state index contributed by atoms with van der Waals surface area (Å²) >= 11 is 0. The van der Waals surface area contributed by atoms with E-state index in [2.05, 4.69) is 11.7 Å². The number of halogens is 3. The van der Waals surface area contributed by atoms with E-state index in [1.165, 1.54) is 6.42 Å². The molecule has 2 N–H and O–H groups in total. The Morgan fingerprint density at radius 1 is 1.29 bits per heavy atom. The van der Waals surface area contributed by atoms with Gasteiger partial charge in [-0.3, -0.25) is 0 Å². The Balaban J connectivity index is 2.09. The molecule has 0 heterocycles. The van der Waals surface area contributed by atoms with Gasteiger partial charge in [0.1, 0.15) is 6.61 Å². The number of hydrogen-bond acceptors (Lipinski definition) is 2. The fraction of sp³-hybridized carbons (Fsp3) is 1.00. The molecule has 3 atom stereocenters. The van der Waals surface area contributed by atoms with Gasteiger partial charge in [0.2, 0.25) is 0 Å². The van der Waals surface area contributed by atoms with Gasteiger partial charge in [-0.2, -0.15) is 13.2 Å². The Morgan fingerprint density at radius 2 is 2.00 bits per heavy atom. The minimum Gasteiger partial charge on any atom is -0.372 e. The molecule has 0 aromatic rings. The van der Waals surface area contributed by atoms with Crippen LogP contribution in [0.5, 0.6) is 0 Å². The molecule has 1 aliphatic carbocycles. The second kappa shape index (κ2) is 6.59. The van der Waals surface area contributed by atoms with Crippen LogP contribution in [-0.2, 0) is 4.74 Å². The van der Waals surface area contributed by atoms with Crippen molar-refractivity contribution >= 4 is 0 Å². The summed E-state index contributed by atoms with van der Waals surface area (Å²) in [6.07, 6.45) is 0.637. The Labute approximate surface area is 101 Å². The molecule has 1 rings (SSSR count). The van der Waals surface area contributed by atoms with E-state index in [9.17, 15) is 13.2 Å². The van der Waals surface area contributed by atoms with E-state index in [4.69, 9.17) is 5.73 Å². The van der Waals surface area contributed by atoms with E-state index in [1.54, 1.807) is 0 Å². The summed E-state index contributed by atoms with van der Waals surface area (Å²) in [7, 11) is 0. The highest BCUT2D eigenvalue weighted by atomic mass is 19.4. The van der Waals surface area contributed by atoms with Crippen molar-refractivity contribution in [2.45, 2.75) is 51.2 Å². The van der Waals surface area contributed by atoms with Crippen LogP contribution in [-0.4, -0.2) is 25.4 Å². The Morgan fingerprint density at radius 3 is 2.65 bits per heavy atom. The van der Waals surface area contributed by atoms with Gasteiger partial charge in [0.05, 0.1) is 0 Å². The molecule has 0 aromatic carbocycles. The lowest BCUT2D eigenvalue weighted by molar-refractivity contribution is -0.174. The molecule has 102 valence electrons. The van der Waals surface area contributed by atoms with Gasteiger partial charge in [0.15, 0.2) is 0 Å². The van der Waals surface area contributed by atoms with Gasteiger partial charge in [-0.05, 0) is 43.9 Å². The summed E-state index contributed by atoms with van der Waals surface area (Å²) in [6, 6.07) is 0.216. The summed E-state index contributed by atoms with van der Waals surface area (Å²) < 4.78 is 40.0. The van der Waals surface area contributed by atoms with Crippen LogP contribution in [0.1, 0.15) is 39.0 Å². The zero-order chi connectivity index (χ0) is 12.9. The maximum absolute atomic E-state index is 11.8. The Hall–Kier alpha value is -0.290. The Kier molecular flexibility index (Phi) is 5.73. The highest BCUT2D eigenvalue weighted by Gasteiger charge is 2.28. The van der Waals surface area contributed by atoms with Gasteiger partial charge in [-0.15, -0.1) is 0 Å². The summed E-state index contributed by atoms with van der Waals surface area (Å²) in [4.78, 5) is 0. The van der Waals surface area contributed by atoms with Crippen LogP contribution in [0.25, 0.3) is 0 Å². The van der Waals surface area contributed by atoms with Crippen LogP contribution in [0.4, 0.5) is 13.2 Å². The number of ether oxygens (including phenoxy) is 1. The molecule has 0 aromatic heterocycles. The molecular formula is C12H22F3NO. The van der Waals surface area contributed by atoms with E-state index in [0.29, 0.717) is 18.3 Å². The van der Waals surface area contributed by atoms with Gasteiger partial charge in [-0.25, -0.2) is 0 Å². The predicted octanol–water partition coefficient (Wildman–Crippen LogP) is 3.11. The molecule has 0 saturated heterocycles. The fourth-order valence-electron chi connectivity index (χ4n) is 2.49.